The minimum Gasteiger partial charge on any atom is -0.495 e. The van der Waals surface area contributed by atoms with E-state index in [-0.39, 0.29) is 28.4 Å². The molecule has 1 heterocycles. The molecule has 0 saturated carbocycles. The molecule has 6 nitrogen and oxygen atoms in total. The Bertz CT molecular complexity index is 991. The monoisotopic (exact) mass is 383 g/mol. The molecule has 138 valence electrons. The molecule has 0 fully saturated rings. The van der Waals surface area contributed by atoms with E-state index in [0.717, 1.165) is 22.5 Å². The lowest BCUT2D eigenvalue weighted by Crippen LogP contribution is -2.36. The molecule has 0 atom stereocenters. The van der Waals surface area contributed by atoms with E-state index in [1.54, 1.807) is 0 Å². The van der Waals surface area contributed by atoms with Crippen LogP contribution < -0.4 is 9.04 Å². The number of sulfonamides is 1. The Morgan fingerprint density at radius 2 is 1.88 bits per heavy atom. The van der Waals surface area contributed by atoms with Crippen molar-refractivity contribution in [1.29, 1.82) is 0 Å². The molecule has 0 bridgehead atoms. The number of ether oxygens (including phenoxy) is 1. The maximum atomic E-state index is 13.7. The summed E-state index contributed by atoms with van der Waals surface area (Å²) in [5.74, 6) is -3.54. The standard InChI is InChI=1S/C17H15F2NO5S/c1-25-15-5-4-11(17(21)22)8-16(15)26(23,24)20-6-2-3-10-7-12(18)13(19)9-14(10)20/h4-5,7-9H,2-3,6H2,1H3,(H,21,22). The average molecular weight is 383 g/mol. The maximum absolute atomic E-state index is 13.7. The van der Waals surface area contributed by atoms with Gasteiger partial charge in [0.2, 0.25) is 0 Å². The predicted octanol–water partition coefficient (Wildman–Crippen LogP) is 2.81. The largest absolute Gasteiger partial charge is 0.495 e. The predicted molar refractivity (Wildman–Crippen MR) is 89.2 cm³/mol. The molecule has 0 aromatic heterocycles. The van der Waals surface area contributed by atoms with E-state index in [0.29, 0.717) is 18.4 Å². The molecular formula is C17H15F2NO5S. The number of nitrogens with zero attached hydrogens (tertiary/aromatic N) is 1. The SMILES string of the molecule is COc1ccc(C(=O)O)cc1S(=O)(=O)N1CCCc2cc(F)c(F)cc21. The van der Waals surface area contributed by atoms with Gasteiger partial charge in [-0.25, -0.2) is 22.0 Å². The van der Waals surface area contributed by atoms with Gasteiger partial charge in [0.25, 0.3) is 10.0 Å². The van der Waals surface area contributed by atoms with Crippen LogP contribution in [0.1, 0.15) is 22.3 Å². The van der Waals surface area contributed by atoms with Gasteiger partial charge in [-0.2, -0.15) is 0 Å². The lowest BCUT2D eigenvalue weighted by molar-refractivity contribution is 0.0696. The number of rotatable bonds is 4. The van der Waals surface area contributed by atoms with Crippen molar-refractivity contribution >= 4 is 21.7 Å². The van der Waals surface area contributed by atoms with Gasteiger partial charge in [0.1, 0.15) is 10.6 Å². The first-order chi connectivity index (χ1) is 12.3. The van der Waals surface area contributed by atoms with Crippen LogP contribution >= 0.6 is 0 Å². The average Bonchev–Trinajstić information content (AvgIpc) is 2.61. The Hall–Kier alpha value is -2.68. The highest BCUT2D eigenvalue weighted by atomic mass is 32.2. The summed E-state index contributed by atoms with van der Waals surface area (Å²) in [6, 6.07) is 5.28. The number of hydrogen-bond acceptors (Lipinski definition) is 4. The molecular weight excluding hydrogens is 368 g/mol. The maximum Gasteiger partial charge on any atom is 0.335 e. The summed E-state index contributed by atoms with van der Waals surface area (Å²) in [6.07, 6.45) is 0.823. The van der Waals surface area contributed by atoms with Crippen LogP contribution in [0.4, 0.5) is 14.5 Å². The summed E-state index contributed by atoms with van der Waals surface area (Å²) in [5.41, 5.74) is 0.178. The zero-order valence-electron chi connectivity index (χ0n) is 13.7. The highest BCUT2D eigenvalue weighted by Crippen LogP contribution is 2.36. The number of carboxylic acids is 1. The molecule has 2 aromatic rings. The smallest absolute Gasteiger partial charge is 0.335 e. The first-order valence-corrected chi connectivity index (χ1v) is 9.11. The zero-order valence-corrected chi connectivity index (χ0v) is 14.5. The first kappa shape index (κ1) is 18.1. The first-order valence-electron chi connectivity index (χ1n) is 7.67. The molecule has 0 radical (unpaired) electrons. The van der Waals surface area contributed by atoms with Crippen molar-refractivity contribution in [3.8, 4) is 5.75 Å². The molecule has 0 aliphatic carbocycles. The Morgan fingerprint density at radius 3 is 2.54 bits per heavy atom. The van der Waals surface area contributed by atoms with Crippen molar-refractivity contribution in [2.24, 2.45) is 0 Å². The van der Waals surface area contributed by atoms with E-state index in [4.69, 9.17) is 9.84 Å². The Kier molecular flexibility index (Phi) is 4.57. The van der Waals surface area contributed by atoms with E-state index in [2.05, 4.69) is 0 Å². The van der Waals surface area contributed by atoms with Gasteiger partial charge in [0.15, 0.2) is 11.6 Å². The fraction of sp³-hybridized carbons (Fsp3) is 0.235. The van der Waals surface area contributed by atoms with Crippen molar-refractivity contribution < 1.29 is 31.8 Å². The van der Waals surface area contributed by atoms with Crippen molar-refractivity contribution in [2.45, 2.75) is 17.7 Å². The summed E-state index contributed by atoms with van der Waals surface area (Å²) in [7, 11) is -2.99. The number of benzene rings is 2. The van der Waals surface area contributed by atoms with Crippen LogP contribution in [0.15, 0.2) is 35.2 Å². The minimum absolute atomic E-state index is 0.0373. The van der Waals surface area contributed by atoms with Crippen molar-refractivity contribution in [1.82, 2.24) is 0 Å². The second kappa shape index (κ2) is 6.56. The Morgan fingerprint density at radius 1 is 1.19 bits per heavy atom. The zero-order chi connectivity index (χ0) is 19.1. The third-order valence-corrected chi connectivity index (χ3v) is 6.01. The molecule has 2 aromatic carbocycles. The van der Waals surface area contributed by atoms with Gasteiger partial charge in [-0.15, -0.1) is 0 Å². The fourth-order valence-electron chi connectivity index (χ4n) is 2.92. The normalized spacial score (nSPS) is 14.0. The molecule has 1 aliphatic rings. The number of methoxy groups -OCH3 is 1. The van der Waals surface area contributed by atoms with Gasteiger partial charge in [0.05, 0.1) is 18.4 Å². The van der Waals surface area contributed by atoms with Crippen LogP contribution in [-0.4, -0.2) is 33.1 Å². The summed E-state index contributed by atoms with van der Waals surface area (Å²) >= 11 is 0. The van der Waals surface area contributed by atoms with Gasteiger partial charge in [-0.1, -0.05) is 0 Å². The number of aromatic carboxylic acids is 1. The molecule has 26 heavy (non-hydrogen) atoms. The topological polar surface area (TPSA) is 83.9 Å². The molecule has 1 N–H and O–H groups in total. The van der Waals surface area contributed by atoms with Crippen LogP contribution in [0.2, 0.25) is 0 Å². The lowest BCUT2D eigenvalue weighted by Gasteiger charge is -2.31. The third kappa shape index (κ3) is 2.98. The Balaban J connectivity index is 2.18. The van der Waals surface area contributed by atoms with Gasteiger partial charge in [-0.3, -0.25) is 4.31 Å². The molecule has 3 rings (SSSR count). The number of carbonyl (C=O) groups is 1. The highest BCUT2D eigenvalue weighted by Gasteiger charge is 2.33. The molecule has 0 unspecified atom stereocenters. The van der Waals surface area contributed by atoms with Gasteiger partial charge < -0.3 is 9.84 Å². The number of anilines is 1. The van der Waals surface area contributed by atoms with E-state index < -0.39 is 27.6 Å². The molecule has 1 aliphatic heterocycles. The van der Waals surface area contributed by atoms with E-state index in [1.165, 1.54) is 19.2 Å². The number of hydrogen-bond donors (Lipinski definition) is 1. The van der Waals surface area contributed by atoms with Gasteiger partial charge in [-0.05, 0) is 42.7 Å². The Labute approximate surface area is 148 Å². The number of aryl methyl sites for hydroxylation is 1. The second-order valence-corrected chi connectivity index (χ2v) is 7.58. The van der Waals surface area contributed by atoms with E-state index in [9.17, 15) is 22.0 Å². The minimum atomic E-state index is -4.25. The molecule has 0 saturated heterocycles. The van der Waals surface area contributed by atoms with Crippen LogP contribution in [0.5, 0.6) is 5.75 Å². The molecule has 0 spiro atoms. The summed E-state index contributed by atoms with van der Waals surface area (Å²) in [6.45, 7) is 0.0564. The third-order valence-electron chi connectivity index (χ3n) is 4.18. The van der Waals surface area contributed by atoms with Crippen molar-refractivity contribution in [3.05, 3.63) is 53.1 Å². The van der Waals surface area contributed by atoms with Gasteiger partial charge >= 0.3 is 5.97 Å². The summed E-state index contributed by atoms with van der Waals surface area (Å²) < 4.78 is 59.5. The fourth-order valence-corrected chi connectivity index (χ4v) is 4.64. The van der Waals surface area contributed by atoms with Crippen LogP contribution in [-0.2, 0) is 16.4 Å². The second-order valence-electron chi connectivity index (χ2n) is 5.75. The van der Waals surface area contributed by atoms with Crippen molar-refractivity contribution in [3.63, 3.8) is 0 Å². The lowest BCUT2D eigenvalue weighted by atomic mass is 10.0. The summed E-state index contributed by atoms with van der Waals surface area (Å²) in [4.78, 5) is 10.8. The van der Waals surface area contributed by atoms with Crippen LogP contribution in [0, 0.1) is 11.6 Å². The molecule has 9 heteroatoms. The van der Waals surface area contributed by atoms with E-state index in [1.807, 2.05) is 0 Å². The highest BCUT2D eigenvalue weighted by molar-refractivity contribution is 7.93. The number of fused-ring (bicyclic) bond motifs is 1. The summed E-state index contributed by atoms with van der Waals surface area (Å²) in [5, 5.41) is 9.13. The number of carboxylic acid groups (broad SMARTS) is 1. The van der Waals surface area contributed by atoms with E-state index >= 15 is 0 Å². The molecule has 0 amide bonds. The van der Waals surface area contributed by atoms with Crippen LogP contribution in [0.3, 0.4) is 0 Å². The van der Waals surface area contributed by atoms with Gasteiger partial charge in [0, 0.05) is 12.6 Å². The van der Waals surface area contributed by atoms with Crippen molar-refractivity contribution in [2.75, 3.05) is 18.0 Å². The number of halogens is 2. The quantitative estimate of drug-likeness (QED) is 0.878. The van der Waals surface area contributed by atoms with Crippen LogP contribution in [0.25, 0.3) is 0 Å².